The molecular weight excluding hydrogens is 344 g/mol. The van der Waals surface area contributed by atoms with Gasteiger partial charge in [0.25, 0.3) is 10.1 Å². The van der Waals surface area contributed by atoms with Gasteiger partial charge in [-0.1, -0.05) is 0 Å². The van der Waals surface area contributed by atoms with Crippen LogP contribution in [0.15, 0.2) is 35.7 Å². The van der Waals surface area contributed by atoms with E-state index in [1.807, 2.05) is 6.07 Å². The minimum Gasteiger partial charge on any atom is -0.338 e. The number of hydrogen-bond donors (Lipinski definition) is 1. The van der Waals surface area contributed by atoms with Crippen molar-refractivity contribution in [1.82, 2.24) is 24.6 Å². The van der Waals surface area contributed by atoms with E-state index >= 15 is 0 Å². The number of anilines is 1. The van der Waals surface area contributed by atoms with E-state index in [0.717, 1.165) is 51.5 Å². The Bertz CT molecular complexity index is 772. The van der Waals surface area contributed by atoms with Crippen molar-refractivity contribution in [3.63, 3.8) is 0 Å². The van der Waals surface area contributed by atoms with Gasteiger partial charge in [0.15, 0.2) is 0 Å². The van der Waals surface area contributed by atoms with E-state index in [4.69, 9.17) is 4.55 Å². The van der Waals surface area contributed by atoms with Gasteiger partial charge >= 0.3 is 0 Å². The molecule has 0 atom stereocenters. The minimum atomic E-state index is -4.16. The van der Waals surface area contributed by atoms with Gasteiger partial charge in [-0.25, -0.2) is 9.97 Å². The summed E-state index contributed by atoms with van der Waals surface area (Å²) in [6.07, 6.45) is 7.94. The normalized spacial score (nSPS) is 16.3. The third kappa shape index (κ3) is 4.97. The fraction of sp³-hybridized carbons (Fsp3) is 0.533. The smallest absolute Gasteiger partial charge is 0.297 e. The molecule has 2 aromatic heterocycles. The van der Waals surface area contributed by atoms with Crippen LogP contribution in [0.1, 0.15) is 12.8 Å². The van der Waals surface area contributed by atoms with E-state index in [0.29, 0.717) is 6.54 Å². The quantitative estimate of drug-likeness (QED) is 0.559. The van der Waals surface area contributed by atoms with Crippen LogP contribution in [0.25, 0.3) is 0 Å². The Morgan fingerprint density at radius 1 is 1.04 bits per heavy atom. The number of piperazine rings is 1. The number of rotatable bonds is 7. The standard InChI is InChI=1S/C15H22N6O3S/c22-25(23,24)14-12-18-21(13-14)7-2-1-6-19-8-10-20(11-9-19)15-16-4-3-5-17-15/h3-5,12-13H,1-2,6-11H2,(H,22,23,24). The van der Waals surface area contributed by atoms with Crippen LogP contribution in [0, 0.1) is 0 Å². The fourth-order valence-electron chi connectivity index (χ4n) is 2.84. The van der Waals surface area contributed by atoms with Crippen LogP contribution < -0.4 is 4.90 Å². The molecule has 2 aromatic rings. The van der Waals surface area contributed by atoms with Crippen molar-refractivity contribution in [1.29, 1.82) is 0 Å². The monoisotopic (exact) mass is 366 g/mol. The molecule has 0 amide bonds. The van der Waals surface area contributed by atoms with Crippen LogP contribution in [-0.2, 0) is 16.7 Å². The van der Waals surface area contributed by atoms with Crippen LogP contribution in [-0.4, -0.2) is 70.3 Å². The second-order valence-electron chi connectivity index (χ2n) is 6.00. The first-order valence-corrected chi connectivity index (χ1v) is 9.71. The van der Waals surface area contributed by atoms with Crippen molar-refractivity contribution in [2.24, 2.45) is 0 Å². The number of aromatic nitrogens is 4. The van der Waals surface area contributed by atoms with Gasteiger partial charge in [-0.2, -0.15) is 13.5 Å². The molecule has 0 spiro atoms. The molecule has 10 heteroatoms. The Labute approximate surface area is 147 Å². The molecule has 0 aromatic carbocycles. The molecule has 1 saturated heterocycles. The van der Waals surface area contributed by atoms with Gasteiger partial charge in [0.1, 0.15) is 4.90 Å². The first-order valence-electron chi connectivity index (χ1n) is 8.27. The molecule has 136 valence electrons. The highest BCUT2D eigenvalue weighted by Gasteiger charge is 2.18. The summed E-state index contributed by atoms with van der Waals surface area (Å²) in [5, 5.41) is 3.95. The molecule has 25 heavy (non-hydrogen) atoms. The number of unbranched alkanes of at least 4 members (excludes halogenated alkanes) is 1. The van der Waals surface area contributed by atoms with E-state index in [2.05, 4.69) is 24.9 Å². The van der Waals surface area contributed by atoms with Gasteiger partial charge in [-0.15, -0.1) is 0 Å². The van der Waals surface area contributed by atoms with Gasteiger partial charge < -0.3 is 4.90 Å². The van der Waals surface area contributed by atoms with Crippen LogP contribution in [0.4, 0.5) is 5.95 Å². The molecule has 1 fully saturated rings. The predicted octanol–water partition coefficient (Wildman–Crippen LogP) is 0.522. The second kappa shape index (κ2) is 7.89. The Balaban J connectivity index is 1.36. The minimum absolute atomic E-state index is 0.160. The second-order valence-corrected chi connectivity index (χ2v) is 7.42. The average molecular weight is 366 g/mol. The number of nitrogens with zero attached hydrogens (tertiary/aromatic N) is 6. The Kier molecular flexibility index (Phi) is 5.61. The van der Waals surface area contributed by atoms with Crippen molar-refractivity contribution < 1.29 is 13.0 Å². The lowest BCUT2D eigenvalue weighted by Crippen LogP contribution is -2.47. The highest BCUT2D eigenvalue weighted by Crippen LogP contribution is 2.11. The molecule has 0 saturated carbocycles. The van der Waals surface area contributed by atoms with Gasteiger partial charge in [-0.05, 0) is 25.5 Å². The summed E-state index contributed by atoms with van der Waals surface area (Å²) in [5.74, 6) is 0.787. The largest absolute Gasteiger partial charge is 0.338 e. The third-order valence-corrected chi connectivity index (χ3v) is 5.03. The number of aryl methyl sites for hydroxylation is 1. The zero-order valence-electron chi connectivity index (χ0n) is 13.9. The average Bonchev–Trinajstić information content (AvgIpc) is 3.09. The SMILES string of the molecule is O=S(=O)(O)c1cnn(CCCCN2CCN(c3ncccn3)CC2)c1. The molecule has 0 radical (unpaired) electrons. The van der Waals surface area contributed by atoms with Gasteiger partial charge in [0.05, 0.1) is 6.20 Å². The summed E-state index contributed by atoms with van der Waals surface area (Å²) >= 11 is 0. The van der Waals surface area contributed by atoms with E-state index in [1.165, 1.54) is 12.4 Å². The van der Waals surface area contributed by atoms with E-state index in [-0.39, 0.29) is 4.90 Å². The third-order valence-electron chi connectivity index (χ3n) is 4.23. The molecule has 0 bridgehead atoms. The Hall–Kier alpha value is -2.04. The van der Waals surface area contributed by atoms with Crippen LogP contribution in [0.2, 0.25) is 0 Å². The lowest BCUT2D eigenvalue weighted by atomic mass is 10.2. The topological polar surface area (TPSA) is 104 Å². The van der Waals surface area contributed by atoms with E-state index in [1.54, 1.807) is 17.1 Å². The maximum Gasteiger partial charge on any atom is 0.297 e. The highest BCUT2D eigenvalue weighted by molar-refractivity contribution is 7.85. The fourth-order valence-corrected chi connectivity index (χ4v) is 3.27. The molecule has 3 rings (SSSR count). The molecular formula is C15H22N6O3S. The summed E-state index contributed by atoms with van der Waals surface area (Å²) in [5.41, 5.74) is 0. The lowest BCUT2D eigenvalue weighted by molar-refractivity contribution is 0.249. The van der Waals surface area contributed by atoms with Crippen molar-refractivity contribution in [3.8, 4) is 0 Å². The zero-order valence-corrected chi connectivity index (χ0v) is 14.7. The van der Waals surface area contributed by atoms with Crippen LogP contribution in [0.5, 0.6) is 0 Å². The first-order chi connectivity index (χ1) is 12.0. The maximum absolute atomic E-state index is 11.0. The molecule has 1 N–H and O–H groups in total. The van der Waals surface area contributed by atoms with Crippen LogP contribution >= 0.6 is 0 Å². The summed E-state index contributed by atoms with van der Waals surface area (Å²) in [6, 6.07) is 1.82. The van der Waals surface area contributed by atoms with Crippen molar-refractivity contribution in [3.05, 3.63) is 30.9 Å². The lowest BCUT2D eigenvalue weighted by Gasteiger charge is -2.34. The maximum atomic E-state index is 11.0. The summed E-state index contributed by atoms with van der Waals surface area (Å²) in [6.45, 7) is 5.42. The molecule has 1 aliphatic rings. The van der Waals surface area contributed by atoms with E-state index < -0.39 is 10.1 Å². The predicted molar refractivity (Wildman–Crippen MR) is 92.0 cm³/mol. The van der Waals surface area contributed by atoms with E-state index in [9.17, 15) is 8.42 Å². The van der Waals surface area contributed by atoms with Crippen molar-refractivity contribution in [2.45, 2.75) is 24.3 Å². The molecule has 3 heterocycles. The Morgan fingerprint density at radius 3 is 2.36 bits per heavy atom. The highest BCUT2D eigenvalue weighted by atomic mass is 32.2. The zero-order chi connectivity index (χ0) is 17.7. The van der Waals surface area contributed by atoms with Crippen LogP contribution in [0.3, 0.4) is 0 Å². The van der Waals surface area contributed by atoms with Gasteiger partial charge in [0, 0.05) is 51.3 Å². The summed E-state index contributed by atoms with van der Waals surface area (Å²) in [4.78, 5) is 13.0. The molecule has 0 aliphatic carbocycles. The molecule has 1 aliphatic heterocycles. The molecule has 0 unspecified atom stereocenters. The summed E-state index contributed by atoms with van der Waals surface area (Å²) < 4.78 is 32.5. The first kappa shape index (κ1) is 17.8. The number of hydrogen-bond acceptors (Lipinski definition) is 7. The molecule has 9 nitrogen and oxygen atoms in total. The van der Waals surface area contributed by atoms with Crippen molar-refractivity contribution >= 4 is 16.1 Å². The summed E-state index contributed by atoms with van der Waals surface area (Å²) in [7, 11) is -4.16. The van der Waals surface area contributed by atoms with Gasteiger partial charge in [-0.3, -0.25) is 14.1 Å². The van der Waals surface area contributed by atoms with Gasteiger partial charge in [0.2, 0.25) is 5.95 Å². The Morgan fingerprint density at radius 2 is 1.72 bits per heavy atom. The van der Waals surface area contributed by atoms with Crippen molar-refractivity contribution in [2.75, 3.05) is 37.6 Å².